The van der Waals surface area contributed by atoms with Gasteiger partial charge in [0, 0.05) is 11.6 Å². The highest BCUT2D eigenvalue weighted by Gasteiger charge is 2.52. The van der Waals surface area contributed by atoms with Crippen LogP contribution >= 0.6 is 0 Å². The number of ether oxygens (including phenoxy) is 2. The van der Waals surface area contributed by atoms with Crippen molar-refractivity contribution >= 4 is 5.78 Å². The van der Waals surface area contributed by atoms with Crippen LogP contribution in [0.25, 0.3) is 0 Å². The van der Waals surface area contributed by atoms with E-state index < -0.39 is 24.4 Å². The largest absolute Gasteiger partial charge is 0.458 e. The highest BCUT2D eigenvalue weighted by molar-refractivity contribution is 5.98. The van der Waals surface area contributed by atoms with Crippen molar-refractivity contribution in [1.29, 1.82) is 0 Å². The fraction of sp³-hybridized carbons (Fsp3) is 0.250. The van der Waals surface area contributed by atoms with Gasteiger partial charge in [-0.25, -0.2) is 4.39 Å². The van der Waals surface area contributed by atoms with Crippen LogP contribution in [0.15, 0.2) is 42.7 Å². The number of benzene rings is 1. The molecule has 3 nitrogen and oxygen atoms in total. The second kappa shape index (κ2) is 4.45. The Morgan fingerprint density at radius 3 is 2.44 bits per heavy atom. The van der Waals surface area contributed by atoms with E-state index in [-0.39, 0.29) is 5.56 Å². The summed E-state index contributed by atoms with van der Waals surface area (Å²) in [5.74, 6) is -3.13. The van der Waals surface area contributed by atoms with Crippen LogP contribution in [-0.2, 0) is 20.1 Å². The average molecular weight is 258 g/mol. The summed E-state index contributed by atoms with van der Waals surface area (Å²) in [7, 11) is 0. The van der Waals surface area contributed by atoms with Crippen LogP contribution < -0.4 is 0 Å². The van der Waals surface area contributed by atoms with Crippen LogP contribution in [0, 0.1) is 0 Å². The minimum atomic E-state index is -4.10. The van der Waals surface area contributed by atoms with Gasteiger partial charge in [-0.1, -0.05) is 30.3 Å². The van der Waals surface area contributed by atoms with Gasteiger partial charge in [0.1, 0.15) is 0 Å². The molecule has 0 bridgehead atoms. The molecule has 1 aromatic rings. The standard InChI is InChI=1S/C12H9F3O3/c13-8-11(14,15)18-12(10(16)6-7-17-12)9-4-2-1-3-5-9/h1-7H,8H2. The van der Waals surface area contributed by atoms with Crippen LogP contribution in [-0.4, -0.2) is 18.6 Å². The van der Waals surface area contributed by atoms with Crippen molar-refractivity contribution in [2.45, 2.75) is 11.9 Å². The van der Waals surface area contributed by atoms with Crippen LogP contribution in [0.5, 0.6) is 0 Å². The lowest BCUT2D eigenvalue weighted by Gasteiger charge is -2.30. The highest BCUT2D eigenvalue weighted by atomic mass is 19.3. The van der Waals surface area contributed by atoms with Crippen LogP contribution in [0.4, 0.5) is 13.2 Å². The van der Waals surface area contributed by atoms with Gasteiger partial charge in [-0.2, -0.15) is 8.78 Å². The zero-order chi connectivity index (χ0) is 13.2. The molecule has 0 amide bonds. The van der Waals surface area contributed by atoms with E-state index >= 15 is 0 Å². The monoisotopic (exact) mass is 258 g/mol. The van der Waals surface area contributed by atoms with E-state index in [1.165, 1.54) is 24.3 Å². The smallest absolute Gasteiger partial charge is 0.387 e. The van der Waals surface area contributed by atoms with E-state index in [0.717, 1.165) is 12.3 Å². The highest BCUT2D eigenvalue weighted by Crippen LogP contribution is 2.38. The molecule has 0 radical (unpaired) electrons. The van der Waals surface area contributed by atoms with Gasteiger partial charge in [0.05, 0.1) is 6.26 Å². The van der Waals surface area contributed by atoms with E-state index in [9.17, 15) is 18.0 Å². The van der Waals surface area contributed by atoms with Crippen molar-refractivity contribution in [2.75, 3.05) is 6.67 Å². The Morgan fingerprint density at radius 2 is 1.94 bits per heavy atom. The summed E-state index contributed by atoms with van der Waals surface area (Å²) in [6, 6.07) is 7.47. The Bertz CT molecular complexity index is 473. The first-order valence-corrected chi connectivity index (χ1v) is 5.08. The Kier molecular flexibility index (Phi) is 3.13. The molecule has 18 heavy (non-hydrogen) atoms. The molecule has 1 heterocycles. The maximum atomic E-state index is 13.1. The SMILES string of the molecule is O=C1C=COC1(OC(F)(F)CF)c1ccccc1. The van der Waals surface area contributed by atoms with E-state index in [0.29, 0.717) is 0 Å². The lowest BCUT2D eigenvalue weighted by atomic mass is 10.0. The summed E-state index contributed by atoms with van der Waals surface area (Å²) in [5, 5.41) is 0. The van der Waals surface area contributed by atoms with E-state index in [1.54, 1.807) is 6.07 Å². The molecule has 96 valence electrons. The van der Waals surface area contributed by atoms with E-state index in [4.69, 9.17) is 4.74 Å². The number of alkyl halides is 3. The van der Waals surface area contributed by atoms with E-state index in [1.807, 2.05) is 0 Å². The molecule has 1 aromatic carbocycles. The first kappa shape index (κ1) is 12.6. The molecule has 0 N–H and O–H groups in total. The van der Waals surface area contributed by atoms with Crippen LogP contribution in [0.2, 0.25) is 0 Å². The minimum Gasteiger partial charge on any atom is -0.458 e. The van der Waals surface area contributed by atoms with E-state index in [2.05, 4.69) is 4.74 Å². The average Bonchev–Trinajstić information content (AvgIpc) is 2.72. The zero-order valence-corrected chi connectivity index (χ0v) is 9.11. The first-order chi connectivity index (χ1) is 8.50. The summed E-state index contributed by atoms with van der Waals surface area (Å²) in [4.78, 5) is 11.7. The van der Waals surface area contributed by atoms with Gasteiger partial charge < -0.3 is 4.74 Å². The molecule has 1 aliphatic rings. The number of halogens is 3. The molecular weight excluding hydrogens is 249 g/mol. The summed E-state index contributed by atoms with van der Waals surface area (Å²) < 4.78 is 47.4. The van der Waals surface area contributed by atoms with Crippen molar-refractivity contribution in [2.24, 2.45) is 0 Å². The van der Waals surface area contributed by atoms with Crippen molar-refractivity contribution in [1.82, 2.24) is 0 Å². The number of carbonyl (C=O) groups excluding carboxylic acids is 1. The number of ketones is 1. The first-order valence-electron chi connectivity index (χ1n) is 5.08. The molecule has 1 unspecified atom stereocenters. The third-order valence-electron chi connectivity index (χ3n) is 2.38. The topological polar surface area (TPSA) is 35.5 Å². The van der Waals surface area contributed by atoms with Crippen molar-refractivity contribution in [3.8, 4) is 0 Å². The lowest BCUT2D eigenvalue weighted by Crippen LogP contribution is -2.43. The predicted octanol–water partition coefficient (Wildman–Crippen LogP) is 2.53. The lowest BCUT2D eigenvalue weighted by molar-refractivity contribution is -0.346. The molecule has 0 aromatic heterocycles. The quantitative estimate of drug-likeness (QED) is 0.832. The maximum Gasteiger partial charge on any atom is 0.387 e. The van der Waals surface area contributed by atoms with Crippen molar-refractivity contribution < 1.29 is 27.4 Å². The Balaban J connectivity index is 2.40. The molecule has 0 fully saturated rings. The molecule has 0 saturated carbocycles. The fourth-order valence-electron chi connectivity index (χ4n) is 1.60. The summed E-state index contributed by atoms with van der Waals surface area (Å²) in [5.41, 5.74) is 0.0770. The summed E-state index contributed by atoms with van der Waals surface area (Å²) in [6.07, 6.45) is -2.19. The summed E-state index contributed by atoms with van der Waals surface area (Å²) >= 11 is 0. The van der Waals surface area contributed by atoms with Crippen molar-refractivity contribution in [3.63, 3.8) is 0 Å². The fourth-order valence-corrected chi connectivity index (χ4v) is 1.60. The molecule has 0 saturated heterocycles. The Labute approximate surface area is 101 Å². The van der Waals surface area contributed by atoms with Crippen LogP contribution in [0.1, 0.15) is 5.56 Å². The summed E-state index contributed by atoms with van der Waals surface area (Å²) in [6.45, 7) is -2.04. The molecule has 1 atom stereocenters. The zero-order valence-electron chi connectivity index (χ0n) is 9.11. The second-order valence-corrected chi connectivity index (χ2v) is 3.64. The van der Waals surface area contributed by atoms with Gasteiger partial charge >= 0.3 is 11.9 Å². The molecule has 1 aliphatic heterocycles. The number of hydrogen-bond acceptors (Lipinski definition) is 3. The predicted molar refractivity (Wildman–Crippen MR) is 55.4 cm³/mol. The second-order valence-electron chi connectivity index (χ2n) is 3.64. The molecule has 2 rings (SSSR count). The minimum absolute atomic E-state index is 0.0770. The third kappa shape index (κ3) is 2.11. The molecular formula is C12H9F3O3. The number of carbonyl (C=O) groups is 1. The van der Waals surface area contributed by atoms with Gasteiger partial charge in [-0.15, -0.1) is 0 Å². The van der Waals surface area contributed by atoms with Gasteiger partial charge in [0.2, 0.25) is 5.78 Å². The number of rotatable bonds is 4. The van der Waals surface area contributed by atoms with Crippen molar-refractivity contribution in [3.05, 3.63) is 48.2 Å². The third-order valence-corrected chi connectivity index (χ3v) is 2.38. The maximum absolute atomic E-state index is 13.1. The Hall–Kier alpha value is -1.82. The van der Waals surface area contributed by atoms with Gasteiger partial charge in [0.25, 0.3) is 0 Å². The number of hydrogen-bond donors (Lipinski definition) is 0. The molecule has 0 spiro atoms. The normalized spacial score (nSPS) is 23.2. The molecule has 0 aliphatic carbocycles. The van der Waals surface area contributed by atoms with Gasteiger partial charge in [0.15, 0.2) is 6.67 Å². The van der Waals surface area contributed by atoms with Crippen LogP contribution in [0.3, 0.4) is 0 Å². The Morgan fingerprint density at radius 1 is 1.28 bits per heavy atom. The molecule has 6 heteroatoms. The van der Waals surface area contributed by atoms with Gasteiger partial charge in [-0.3, -0.25) is 9.53 Å². The van der Waals surface area contributed by atoms with Gasteiger partial charge in [-0.05, 0) is 0 Å².